The van der Waals surface area contributed by atoms with Crippen molar-refractivity contribution >= 4 is 30.7 Å². The first-order valence-corrected chi connectivity index (χ1v) is 9.12. The predicted octanol–water partition coefficient (Wildman–Crippen LogP) is 2.97. The van der Waals surface area contributed by atoms with E-state index < -0.39 is 13.1 Å². The highest BCUT2D eigenvalue weighted by atomic mass is 79.9. The lowest BCUT2D eigenvalue weighted by Gasteiger charge is -2.14. The number of alkyl halides is 1. The topological polar surface area (TPSA) is 26.3 Å². The minimum Gasteiger partial charge on any atom is -0.465 e. The minimum atomic E-state index is -0.542. The molecule has 0 saturated heterocycles. The summed E-state index contributed by atoms with van der Waals surface area (Å²) in [5.41, 5.74) is 0. The molecule has 0 saturated carbocycles. The maximum atomic E-state index is 11.3. The highest BCUT2D eigenvalue weighted by Crippen LogP contribution is 2.17. The van der Waals surface area contributed by atoms with Crippen molar-refractivity contribution in [2.24, 2.45) is 0 Å². The van der Waals surface area contributed by atoms with Gasteiger partial charge in [0.25, 0.3) is 0 Å². The molecule has 4 heteroatoms. The summed E-state index contributed by atoms with van der Waals surface area (Å²) in [6, 6.07) is 1.34. The number of esters is 1. The molecule has 0 radical (unpaired) electrons. The van der Waals surface area contributed by atoms with E-state index in [4.69, 9.17) is 4.74 Å². The van der Waals surface area contributed by atoms with E-state index in [2.05, 4.69) is 29.0 Å². The molecule has 0 aromatic rings. The maximum absolute atomic E-state index is 11.3. The molecule has 14 heavy (non-hydrogen) atoms. The largest absolute Gasteiger partial charge is 0.465 e. The fraction of sp³-hybridized carbons (Fsp3) is 0.900. The summed E-state index contributed by atoms with van der Waals surface area (Å²) in [5.74, 6) is -0.167. The van der Waals surface area contributed by atoms with E-state index in [1.807, 2.05) is 0 Å². The standard InChI is InChI=1S/C10H21BrO2Si/c1-10(2,11)9(12)13-7-5-6-8-14(3)4/h14H,5-8H2,1-4H3. The third kappa shape index (κ3) is 7.56. The molecule has 0 bridgehead atoms. The first kappa shape index (κ1) is 14.2. The second kappa shape index (κ2) is 6.61. The van der Waals surface area contributed by atoms with Crippen LogP contribution in [0.25, 0.3) is 0 Å². The zero-order valence-corrected chi connectivity index (χ0v) is 12.3. The molecule has 0 rings (SSSR count). The van der Waals surface area contributed by atoms with E-state index in [-0.39, 0.29) is 5.97 Å². The Bertz CT molecular complexity index is 175. The molecule has 0 aliphatic heterocycles. The smallest absolute Gasteiger partial charge is 0.322 e. The van der Waals surface area contributed by atoms with Crippen LogP contribution in [0.4, 0.5) is 0 Å². The minimum absolute atomic E-state index is 0.167. The molecule has 0 aliphatic carbocycles. The van der Waals surface area contributed by atoms with Crippen molar-refractivity contribution in [2.75, 3.05) is 6.61 Å². The number of halogens is 1. The van der Waals surface area contributed by atoms with Gasteiger partial charge in [0.15, 0.2) is 0 Å². The Morgan fingerprint density at radius 2 is 1.93 bits per heavy atom. The van der Waals surface area contributed by atoms with Crippen LogP contribution in [0.3, 0.4) is 0 Å². The van der Waals surface area contributed by atoms with Gasteiger partial charge in [0.1, 0.15) is 4.32 Å². The maximum Gasteiger partial charge on any atom is 0.322 e. The van der Waals surface area contributed by atoms with Crippen molar-refractivity contribution in [3.63, 3.8) is 0 Å². The van der Waals surface area contributed by atoms with Crippen molar-refractivity contribution in [3.05, 3.63) is 0 Å². The van der Waals surface area contributed by atoms with Crippen LogP contribution < -0.4 is 0 Å². The van der Waals surface area contributed by atoms with Gasteiger partial charge in [0, 0.05) is 8.80 Å². The van der Waals surface area contributed by atoms with Crippen LogP contribution in [-0.2, 0) is 9.53 Å². The lowest BCUT2D eigenvalue weighted by Crippen LogP contribution is -2.26. The van der Waals surface area contributed by atoms with Crippen LogP contribution in [0.15, 0.2) is 0 Å². The van der Waals surface area contributed by atoms with Crippen molar-refractivity contribution in [1.29, 1.82) is 0 Å². The molecule has 0 aromatic carbocycles. The number of carbonyl (C=O) groups is 1. The third-order valence-electron chi connectivity index (χ3n) is 1.89. The molecule has 0 atom stereocenters. The van der Waals surface area contributed by atoms with Gasteiger partial charge in [-0.3, -0.25) is 4.79 Å². The van der Waals surface area contributed by atoms with Crippen LogP contribution >= 0.6 is 15.9 Å². The Labute approximate surface area is 97.1 Å². The van der Waals surface area contributed by atoms with Gasteiger partial charge in [0.2, 0.25) is 0 Å². The number of carbonyl (C=O) groups excluding carboxylic acids is 1. The second-order valence-electron chi connectivity index (χ2n) is 4.50. The summed E-state index contributed by atoms with van der Waals surface area (Å²) in [7, 11) is -0.421. The second-order valence-corrected chi connectivity index (χ2v) is 9.85. The highest BCUT2D eigenvalue weighted by Gasteiger charge is 2.24. The Morgan fingerprint density at radius 1 is 1.36 bits per heavy atom. The summed E-state index contributed by atoms with van der Waals surface area (Å²) in [6.45, 7) is 8.85. The van der Waals surface area contributed by atoms with Crippen molar-refractivity contribution in [1.82, 2.24) is 0 Å². The quantitative estimate of drug-likeness (QED) is 0.324. The Kier molecular flexibility index (Phi) is 6.69. The van der Waals surface area contributed by atoms with E-state index in [1.165, 1.54) is 12.5 Å². The van der Waals surface area contributed by atoms with E-state index >= 15 is 0 Å². The summed E-state index contributed by atoms with van der Waals surface area (Å²) >= 11 is 3.27. The predicted molar refractivity (Wildman–Crippen MR) is 66.9 cm³/mol. The molecule has 0 aromatic heterocycles. The summed E-state index contributed by atoms with van der Waals surface area (Å²) in [4.78, 5) is 11.3. The van der Waals surface area contributed by atoms with Gasteiger partial charge in [-0.25, -0.2) is 0 Å². The van der Waals surface area contributed by atoms with E-state index in [0.717, 1.165) is 6.42 Å². The van der Waals surface area contributed by atoms with E-state index in [9.17, 15) is 4.79 Å². The molecular formula is C10H21BrO2Si. The average Bonchev–Trinajstić information content (AvgIpc) is 2.01. The van der Waals surface area contributed by atoms with Gasteiger partial charge < -0.3 is 4.74 Å². The summed E-state index contributed by atoms with van der Waals surface area (Å²) in [5, 5.41) is 0. The van der Waals surface area contributed by atoms with Crippen LogP contribution in [0.1, 0.15) is 26.7 Å². The fourth-order valence-corrected chi connectivity index (χ4v) is 2.21. The van der Waals surface area contributed by atoms with Gasteiger partial charge in [-0.15, -0.1) is 0 Å². The van der Waals surface area contributed by atoms with Gasteiger partial charge in [0.05, 0.1) is 6.61 Å². The monoisotopic (exact) mass is 280 g/mol. The molecule has 0 spiro atoms. The van der Waals surface area contributed by atoms with Crippen molar-refractivity contribution < 1.29 is 9.53 Å². The van der Waals surface area contributed by atoms with Gasteiger partial charge >= 0.3 is 5.97 Å². The van der Waals surface area contributed by atoms with Crippen LogP contribution in [-0.4, -0.2) is 25.7 Å². The highest BCUT2D eigenvalue weighted by molar-refractivity contribution is 9.10. The summed E-state index contributed by atoms with van der Waals surface area (Å²) in [6.07, 6.45) is 2.19. The first-order chi connectivity index (χ1) is 6.34. The molecule has 0 unspecified atom stereocenters. The van der Waals surface area contributed by atoms with Gasteiger partial charge in [-0.1, -0.05) is 41.5 Å². The fourth-order valence-electron chi connectivity index (χ4n) is 0.991. The summed E-state index contributed by atoms with van der Waals surface area (Å²) < 4.78 is 4.58. The Morgan fingerprint density at radius 3 is 2.36 bits per heavy atom. The van der Waals surface area contributed by atoms with Crippen molar-refractivity contribution in [3.8, 4) is 0 Å². The zero-order valence-electron chi connectivity index (χ0n) is 9.60. The van der Waals surface area contributed by atoms with Crippen molar-refractivity contribution in [2.45, 2.75) is 50.2 Å². The van der Waals surface area contributed by atoms with Gasteiger partial charge in [-0.2, -0.15) is 0 Å². The molecule has 2 nitrogen and oxygen atoms in total. The molecular weight excluding hydrogens is 260 g/mol. The number of ether oxygens (including phenoxy) is 1. The average molecular weight is 281 g/mol. The normalized spacial score (nSPS) is 11.9. The molecule has 0 aliphatic rings. The number of unbranched alkanes of at least 4 members (excludes halogenated alkanes) is 1. The van der Waals surface area contributed by atoms with E-state index in [0.29, 0.717) is 6.61 Å². The van der Waals surface area contributed by atoms with Crippen LogP contribution in [0, 0.1) is 0 Å². The van der Waals surface area contributed by atoms with Crippen LogP contribution in [0.5, 0.6) is 0 Å². The molecule has 0 heterocycles. The Hall–Kier alpha value is 0.167. The molecule has 0 fully saturated rings. The molecule has 84 valence electrons. The zero-order chi connectivity index (χ0) is 11.2. The Balaban J connectivity index is 3.42. The SMILES string of the molecule is C[SiH](C)CCCCOC(=O)C(C)(C)Br. The van der Waals surface area contributed by atoms with E-state index in [1.54, 1.807) is 13.8 Å². The molecule has 0 amide bonds. The number of hydrogen-bond donors (Lipinski definition) is 0. The molecule has 0 N–H and O–H groups in total. The first-order valence-electron chi connectivity index (χ1n) is 5.20. The lowest BCUT2D eigenvalue weighted by molar-refractivity contribution is -0.145. The number of hydrogen-bond acceptors (Lipinski definition) is 2. The number of rotatable bonds is 6. The van der Waals surface area contributed by atoms with Crippen LogP contribution in [0.2, 0.25) is 19.1 Å². The lowest BCUT2D eigenvalue weighted by atomic mass is 10.2. The third-order valence-corrected chi connectivity index (χ3v) is 3.78. The van der Waals surface area contributed by atoms with Gasteiger partial charge in [-0.05, 0) is 20.3 Å².